The van der Waals surface area contributed by atoms with E-state index in [4.69, 9.17) is 0 Å². The number of nitrogens with zero attached hydrogens (tertiary/aromatic N) is 2. The number of nitro benzene ring substituents is 1. The van der Waals surface area contributed by atoms with Crippen LogP contribution < -0.4 is 10.6 Å². The summed E-state index contributed by atoms with van der Waals surface area (Å²) in [7, 11) is 0. The van der Waals surface area contributed by atoms with Crippen LogP contribution in [0.1, 0.15) is 42.5 Å². The van der Waals surface area contributed by atoms with Gasteiger partial charge in [-0.3, -0.25) is 24.5 Å². The number of anilines is 1. The van der Waals surface area contributed by atoms with Gasteiger partial charge in [0.05, 0.1) is 17.4 Å². The van der Waals surface area contributed by atoms with Gasteiger partial charge in [-0.05, 0) is 37.1 Å². The number of hydrogen-bond donors (Lipinski definition) is 2. The maximum absolute atomic E-state index is 13.5. The topological polar surface area (TPSA) is 122 Å². The molecule has 32 heavy (non-hydrogen) atoms. The number of nitro groups is 1. The molecule has 9 nitrogen and oxygen atoms in total. The minimum absolute atomic E-state index is 0.118. The summed E-state index contributed by atoms with van der Waals surface area (Å²) in [6, 6.07) is 12.9. The zero-order chi connectivity index (χ0) is 22.7. The molecule has 1 aliphatic heterocycles. The fourth-order valence-corrected chi connectivity index (χ4v) is 4.52. The van der Waals surface area contributed by atoms with E-state index in [0.717, 1.165) is 25.7 Å². The van der Waals surface area contributed by atoms with Gasteiger partial charge < -0.3 is 15.5 Å². The van der Waals surface area contributed by atoms with E-state index in [2.05, 4.69) is 10.6 Å². The number of amides is 3. The zero-order valence-corrected chi connectivity index (χ0v) is 17.4. The minimum Gasteiger partial charge on any atom is -0.349 e. The van der Waals surface area contributed by atoms with Gasteiger partial charge >= 0.3 is 0 Å². The molecule has 1 heterocycles. The Morgan fingerprint density at radius 2 is 1.75 bits per heavy atom. The van der Waals surface area contributed by atoms with Crippen LogP contribution in [0.4, 0.5) is 11.4 Å². The third kappa shape index (κ3) is 4.46. The number of nitrogens with one attached hydrogen (secondary N) is 2. The SMILES string of the molecule is O=C(C[C@@H]1C(=O)N[C@@H]2CCCC[C@H]2N1C(=O)c1ccc([N+](=O)[O-])cc1)Nc1ccccc1. The van der Waals surface area contributed by atoms with Crippen LogP contribution in [0, 0.1) is 10.1 Å². The van der Waals surface area contributed by atoms with E-state index in [1.807, 2.05) is 6.07 Å². The standard InChI is InChI=1S/C23H24N4O5/c28-21(24-16-6-2-1-3-7-16)14-20-22(29)25-18-8-4-5-9-19(18)26(20)23(30)15-10-12-17(13-11-15)27(31)32/h1-3,6-7,10-13,18-20H,4-5,8-9,14H2,(H,24,28)(H,25,29)/t18-,19-,20-/m1/s1. The van der Waals surface area contributed by atoms with Crippen LogP contribution in [0.3, 0.4) is 0 Å². The monoisotopic (exact) mass is 436 g/mol. The molecule has 1 aliphatic carbocycles. The second kappa shape index (κ2) is 9.17. The van der Waals surface area contributed by atoms with E-state index in [9.17, 15) is 24.5 Å². The first kappa shape index (κ1) is 21.5. The van der Waals surface area contributed by atoms with Crippen molar-refractivity contribution in [3.8, 4) is 0 Å². The smallest absolute Gasteiger partial charge is 0.269 e. The van der Waals surface area contributed by atoms with Gasteiger partial charge in [0.1, 0.15) is 6.04 Å². The first-order chi connectivity index (χ1) is 15.4. The first-order valence-corrected chi connectivity index (χ1v) is 10.7. The molecule has 0 bridgehead atoms. The van der Waals surface area contributed by atoms with E-state index < -0.39 is 16.9 Å². The van der Waals surface area contributed by atoms with Crippen LogP contribution in [-0.2, 0) is 9.59 Å². The van der Waals surface area contributed by atoms with Crippen molar-refractivity contribution in [1.82, 2.24) is 10.2 Å². The molecule has 3 atom stereocenters. The van der Waals surface area contributed by atoms with Crippen LogP contribution in [0.25, 0.3) is 0 Å². The van der Waals surface area contributed by atoms with Crippen LogP contribution >= 0.6 is 0 Å². The third-order valence-electron chi connectivity index (χ3n) is 6.05. The number of carbonyl (C=O) groups is 3. The van der Waals surface area contributed by atoms with Crippen LogP contribution in [-0.4, -0.2) is 45.7 Å². The molecule has 2 N–H and O–H groups in total. The highest BCUT2D eigenvalue weighted by molar-refractivity contribution is 6.01. The number of rotatable bonds is 5. The zero-order valence-electron chi connectivity index (χ0n) is 17.4. The predicted molar refractivity (Wildman–Crippen MR) is 117 cm³/mol. The number of benzene rings is 2. The van der Waals surface area contributed by atoms with Gasteiger partial charge in [0.15, 0.2) is 0 Å². The molecule has 2 aliphatic rings. The summed E-state index contributed by atoms with van der Waals surface area (Å²) in [6.07, 6.45) is 3.19. The van der Waals surface area contributed by atoms with E-state index in [1.165, 1.54) is 29.2 Å². The molecule has 0 radical (unpaired) electrons. The van der Waals surface area contributed by atoms with Gasteiger partial charge in [-0.1, -0.05) is 31.0 Å². The summed E-state index contributed by atoms with van der Waals surface area (Å²) >= 11 is 0. The van der Waals surface area contributed by atoms with Gasteiger partial charge in [-0.25, -0.2) is 0 Å². The fraction of sp³-hybridized carbons (Fsp3) is 0.348. The Balaban J connectivity index is 1.60. The van der Waals surface area contributed by atoms with E-state index in [1.54, 1.807) is 24.3 Å². The lowest BCUT2D eigenvalue weighted by Crippen LogP contribution is -2.68. The Morgan fingerprint density at radius 1 is 1.06 bits per heavy atom. The molecule has 1 saturated heterocycles. The van der Waals surface area contributed by atoms with Crippen molar-refractivity contribution in [3.05, 3.63) is 70.3 Å². The van der Waals surface area contributed by atoms with Crippen LogP contribution in [0.5, 0.6) is 0 Å². The number of fused-ring (bicyclic) bond motifs is 1. The van der Waals surface area contributed by atoms with E-state index >= 15 is 0 Å². The minimum atomic E-state index is -0.958. The number of non-ortho nitro benzene ring substituents is 1. The fourth-order valence-electron chi connectivity index (χ4n) is 4.52. The molecular formula is C23H24N4O5. The van der Waals surface area contributed by atoms with Gasteiger partial charge in [0.2, 0.25) is 11.8 Å². The lowest BCUT2D eigenvalue weighted by Gasteiger charge is -2.48. The molecule has 3 amide bonds. The van der Waals surface area contributed by atoms with Gasteiger partial charge in [0.25, 0.3) is 11.6 Å². The molecule has 2 fully saturated rings. The Bertz CT molecular complexity index is 1020. The molecule has 0 aromatic heterocycles. The Kier molecular flexibility index (Phi) is 6.16. The molecule has 2 aromatic rings. The summed E-state index contributed by atoms with van der Waals surface area (Å²) in [5.41, 5.74) is 0.743. The lowest BCUT2D eigenvalue weighted by atomic mass is 9.84. The predicted octanol–water partition coefficient (Wildman–Crippen LogP) is 2.88. The maximum atomic E-state index is 13.5. The van der Waals surface area contributed by atoms with Crippen molar-refractivity contribution in [2.75, 3.05) is 5.32 Å². The van der Waals surface area contributed by atoms with Crippen molar-refractivity contribution >= 4 is 29.1 Å². The van der Waals surface area contributed by atoms with Gasteiger partial charge in [-0.15, -0.1) is 0 Å². The van der Waals surface area contributed by atoms with Crippen molar-refractivity contribution in [1.29, 1.82) is 0 Å². The average Bonchev–Trinajstić information content (AvgIpc) is 2.80. The molecule has 9 heteroatoms. The van der Waals surface area contributed by atoms with Crippen LogP contribution in [0.15, 0.2) is 54.6 Å². The Morgan fingerprint density at radius 3 is 2.44 bits per heavy atom. The Labute approximate surface area is 184 Å². The summed E-state index contributed by atoms with van der Waals surface area (Å²) in [4.78, 5) is 51.1. The van der Waals surface area contributed by atoms with Gasteiger partial charge in [0, 0.05) is 29.4 Å². The average molecular weight is 436 g/mol. The summed E-state index contributed by atoms with van der Waals surface area (Å²) in [5, 5.41) is 16.7. The number of carbonyl (C=O) groups excluding carboxylic acids is 3. The number of para-hydroxylation sites is 1. The first-order valence-electron chi connectivity index (χ1n) is 10.7. The second-order valence-corrected chi connectivity index (χ2v) is 8.12. The summed E-state index contributed by atoms with van der Waals surface area (Å²) in [6.45, 7) is 0. The largest absolute Gasteiger partial charge is 0.349 e. The highest BCUT2D eigenvalue weighted by atomic mass is 16.6. The molecular weight excluding hydrogens is 412 g/mol. The number of hydrogen-bond acceptors (Lipinski definition) is 5. The quantitative estimate of drug-likeness (QED) is 0.551. The van der Waals surface area contributed by atoms with Crippen molar-refractivity contribution in [2.45, 2.75) is 50.2 Å². The lowest BCUT2D eigenvalue weighted by molar-refractivity contribution is -0.384. The van der Waals surface area contributed by atoms with Crippen molar-refractivity contribution in [3.63, 3.8) is 0 Å². The molecule has 166 valence electrons. The normalized spacial score (nSPS) is 22.4. The second-order valence-electron chi connectivity index (χ2n) is 8.12. The third-order valence-corrected chi connectivity index (χ3v) is 6.05. The molecule has 0 unspecified atom stereocenters. The van der Waals surface area contributed by atoms with E-state index in [-0.39, 0.29) is 41.6 Å². The molecule has 0 spiro atoms. The summed E-state index contributed by atoms with van der Waals surface area (Å²) < 4.78 is 0. The number of piperazine rings is 1. The highest BCUT2D eigenvalue weighted by Gasteiger charge is 2.46. The van der Waals surface area contributed by atoms with Crippen LogP contribution in [0.2, 0.25) is 0 Å². The van der Waals surface area contributed by atoms with Crippen molar-refractivity contribution in [2.24, 2.45) is 0 Å². The van der Waals surface area contributed by atoms with Crippen molar-refractivity contribution < 1.29 is 19.3 Å². The summed E-state index contributed by atoms with van der Waals surface area (Å²) in [5.74, 6) is -1.12. The Hall–Kier alpha value is -3.75. The molecule has 2 aromatic carbocycles. The van der Waals surface area contributed by atoms with Gasteiger partial charge in [-0.2, -0.15) is 0 Å². The highest BCUT2D eigenvalue weighted by Crippen LogP contribution is 2.31. The van der Waals surface area contributed by atoms with E-state index in [0.29, 0.717) is 5.69 Å². The maximum Gasteiger partial charge on any atom is 0.269 e. The molecule has 4 rings (SSSR count). The molecule has 1 saturated carbocycles.